The molecule has 0 spiro atoms. The summed E-state index contributed by atoms with van der Waals surface area (Å²) in [7, 11) is 0. The first kappa shape index (κ1) is 13.3. The van der Waals surface area contributed by atoms with Gasteiger partial charge in [0.15, 0.2) is 0 Å². The Hall–Kier alpha value is -2.18. The normalized spacial score (nSPS) is 11.8. The van der Waals surface area contributed by atoms with E-state index in [9.17, 15) is 9.59 Å². The summed E-state index contributed by atoms with van der Waals surface area (Å²) in [6.07, 6.45) is 0. The van der Waals surface area contributed by atoms with E-state index >= 15 is 0 Å². The highest BCUT2D eigenvalue weighted by molar-refractivity contribution is 7.14. The third-order valence-corrected chi connectivity index (χ3v) is 3.44. The lowest BCUT2D eigenvalue weighted by Gasteiger charge is -2.12. The molecule has 0 radical (unpaired) electrons. The van der Waals surface area contributed by atoms with Crippen LogP contribution in [0.1, 0.15) is 22.0 Å². The van der Waals surface area contributed by atoms with Crippen molar-refractivity contribution in [3.8, 4) is 0 Å². The van der Waals surface area contributed by atoms with Gasteiger partial charge >= 0.3 is 0 Å². The zero-order valence-electron chi connectivity index (χ0n) is 10.00. The molecule has 5 N–H and O–H groups in total. The van der Waals surface area contributed by atoms with Crippen molar-refractivity contribution >= 4 is 28.2 Å². The predicted octanol–water partition coefficient (Wildman–Crippen LogP) is 1.49. The number of primary amides is 1. The van der Waals surface area contributed by atoms with Crippen molar-refractivity contribution in [2.75, 3.05) is 5.32 Å². The van der Waals surface area contributed by atoms with Crippen LogP contribution in [0.2, 0.25) is 0 Å². The van der Waals surface area contributed by atoms with Crippen molar-refractivity contribution in [3.63, 3.8) is 0 Å². The van der Waals surface area contributed by atoms with E-state index in [-0.39, 0.29) is 5.91 Å². The van der Waals surface area contributed by atoms with Gasteiger partial charge in [0.25, 0.3) is 5.91 Å². The van der Waals surface area contributed by atoms with Crippen molar-refractivity contribution in [2.24, 2.45) is 11.5 Å². The zero-order valence-corrected chi connectivity index (χ0v) is 10.8. The number of anilines is 1. The maximum Gasteiger partial charge on any atom is 0.251 e. The van der Waals surface area contributed by atoms with Crippen molar-refractivity contribution in [2.45, 2.75) is 6.04 Å². The minimum absolute atomic E-state index is 0.290. The van der Waals surface area contributed by atoms with Gasteiger partial charge in [0, 0.05) is 0 Å². The Morgan fingerprint density at radius 1 is 1.16 bits per heavy atom. The van der Waals surface area contributed by atoms with Crippen molar-refractivity contribution in [1.29, 1.82) is 0 Å². The maximum atomic E-state index is 12.0. The molecule has 1 heterocycles. The van der Waals surface area contributed by atoms with Gasteiger partial charge in [0.1, 0.15) is 11.0 Å². The number of hydrogen-bond acceptors (Lipinski definition) is 4. The third kappa shape index (κ3) is 2.98. The summed E-state index contributed by atoms with van der Waals surface area (Å²) in [5, 5.41) is 4.73. The molecular weight excluding hydrogens is 262 g/mol. The van der Waals surface area contributed by atoms with E-state index in [1.807, 2.05) is 18.2 Å². The Labute approximate surface area is 114 Å². The number of nitrogens with two attached hydrogens (primary N) is 2. The molecule has 1 aromatic heterocycles. The van der Waals surface area contributed by atoms with Crippen molar-refractivity contribution in [3.05, 3.63) is 52.9 Å². The lowest BCUT2D eigenvalue weighted by molar-refractivity contribution is -0.117. The molecule has 98 valence electrons. The smallest absolute Gasteiger partial charge is 0.251 e. The fourth-order valence-corrected chi connectivity index (χ4v) is 2.40. The number of amides is 2. The van der Waals surface area contributed by atoms with Gasteiger partial charge in [-0.15, -0.1) is 11.3 Å². The minimum Gasteiger partial charge on any atom is -0.366 e. The van der Waals surface area contributed by atoms with E-state index in [1.54, 1.807) is 23.6 Å². The molecule has 0 aliphatic rings. The van der Waals surface area contributed by atoms with Crippen LogP contribution in [0.25, 0.3) is 0 Å². The maximum absolute atomic E-state index is 12.0. The number of hydrogen-bond donors (Lipinski definition) is 3. The van der Waals surface area contributed by atoms with Gasteiger partial charge in [-0.2, -0.15) is 0 Å². The first-order valence-corrected chi connectivity index (χ1v) is 6.46. The number of nitrogens with one attached hydrogen (secondary N) is 1. The second-order valence-corrected chi connectivity index (χ2v) is 4.82. The first-order valence-electron chi connectivity index (χ1n) is 5.58. The molecule has 19 heavy (non-hydrogen) atoms. The average molecular weight is 275 g/mol. The molecule has 2 amide bonds. The van der Waals surface area contributed by atoms with E-state index in [0.717, 1.165) is 0 Å². The fraction of sp³-hybridized carbons (Fsp3) is 0.0769. The van der Waals surface area contributed by atoms with Crippen molar-refractivity contribution < 1.29 is 9.59 Å². The van der Waals surface area contributed by atoms with Crippen LogP contribution in [-0.2, 0) is 4.79 Å². The molecule has 0 bridgehead atoms. The van der Waals surface area contributed by atoms with Gasteiger partial charge in [-0.3, -0.25) is 9.59 Å². The Morgan fingerprint density at radius 3 is 2.47 bits per heavy atom. The Kier molecular flexibility index (Phi) is 3.94. The standard InChI is InChI=1S/C13H13N3O2S/c14-10(8-4-2-1-3-5-8)12(18)16-13-9(11(15)17)6-7-19-13/h1-7,10H,14H2,(H2,15,17)(H,16,18)/t10-/m0/s1. The largest absolute Gasteiger partial charge is 0.366 e. The Morgan fingerprint density at radius 2 is 1.84 bits per heavy atom. The topological polar surface area (TPSA) is 98.2 Å². The van der Waals surface area contributed by atoms with E-state index in [0.29, 0.717) is 16.1 Å². The molecule has 2 rings (SSSR count). The highest BCUT2D eigenvalue weighted by Crippen LogP contribution is 2.24. The van der Waals surface area contributed by atoms with Crippen LogP contribution in [0.15, 0.2) is 41.8 Å². The Bertz CT molecular complexity index is 595. The number of benzene rings is 1. The molecule has 2 aromatic rings. The molecule has 0 saturated carbocycles. The van der Waals surface area contributed by atoms with E-state index < -0.39 is 11.9 Å². The summed E-state index contributed by atoms with van der Waals surface area (Å²) in [5.74, 6) is -0.957. The second-order valence-electron chi connectivity index (χ2n) is 3.91. The quantitative estimate of drug-likeness (QED) is 0.788. The molecule has 0 aliphatic carbocycles. The van der Waals surface area contributed by atoms with Gasteiger partial charge in [0.2, 0.25) is 5.91 Å². The lowest BCUT2D eigenvalue weighted by Crippen LogP contribution is -2.28. The van der Waals surface area contributed by atoms with Gasteiger partial charge in [-0.25, -0.2) is 0 Å². The molecule has 1 atom stereocenters. The van der Waals surface area contributed by atoms with Crippen molar-refractivity contribution in [1.82, 2.24) is 0 Å². The minimum atomic E-state index is -0.788. The summed E-state index contributed by atoms with van der Waals surface area (Å²) in [5.41, 5.74) is 12.1. The molecule has 6 heteroatoms. The predicted molar refractivity (Wildman–Crippen MR) is 74.8 cm³/mol. The monoisotopic (exact) mass is 275 g/mol. The van der Waals surface area contributed by atoms with Gasteiger partial charge in [0.05, 0.1) is 5.56 Å². The van der Waals surface area contributed by atoms with Crippen LogP contribution >= 0.6 is 11.3 Å². The van der Waals surface area contributed by atoms with Crippen LogP contribution in [0, 0.1) is 0 Å². The van der Waals surface area contributed by atoms with E-state index in [4.69, 9.17) is 11.5 Å². The summed E-state index contributed by atoms with van der Waals surface area (Å²) in [4.78, 5) is 23.2. The molecule has 0 aliphatic heterocycles. The molecule has 5 nitrogen and oxygen atoms in total. The number of thiophene rings is 1. The van der Waals surface area contributed by atoms with Gasteiger partial charge in [-0.05, 0) is 17.0 Å². The molecule has 1 aromatic carbocycles. The molecule has 0 saturated heterocycles. The summed E-state index contributed by atoms with van der Waals surface area (Å²) < 4.78 is 0. The van der Waals surface area contributed by atoms with Gasteiger partial charge < -0.3 is 16.8 Å². The number of carbonyl (C=O) groups is 2. The highest BCUT2D eigenvalue weighted by atomic mass is 32.1. The van der Waals surface area contributed by atoms with Crippen LogP contribution in [0.3, 0.4) is 0 Å². The molecule has 0 fully saturated rings. The highest BCUT2D eigenvalue weighted by Gasteiger charge is 2.18. The Balaban J connectivity index is 2.13. The SMILES string of the molecule is NC(=O)c1ccsc1NC(=O)[C@@H](N)c1ccccc1. The van der Waals surface area contributed by atoms with Crippen LogP contribution in [-0.4, -0.2) is 11.8 Å². The summed E-state index contributed by atoms with van der Waals surface area (Å²) >= 11 is 1.23. The first-order chi connectivity index (χ1) is 9.09. The van der Waals surface area contributed by atoms with Crippen LogP contribution in [0.4, 0.5) is 5.00 Å². The summed E-state index contributed by atoms with van der Waals surface area (Å²) in [6.45, 7) is 0. The zero-order chi connectivity index (χ0) is 13.8. The number of rotatable bonds is 4. The summed E-state index contributed by atoms with van der Waals surface area (Å²) in [6, 6.07) is 9.78. The van der Waals surface area contributed by atoms with Crippen LogP contribution < -0.4 is 16.8 Å². The lowest BCUT2D eigenvalue weighted by atomic mass is 10.1. The number of carbonyl (C=O) groups excluding carboxylic acids is 2. The second kappa shape index (κ2) is 5.64. The van der Waals surface area contributed by atoms with Crippen LogP contribution in [0.5, 0.6) is 0 Å². The van der Waals surface area contributed by atoms with E-state index in [1.165, 1.54) is 11.3 Å². The average Bonchev–Trinajstić information content (AvgIpc) is 2.87. The van der Waals surface area contributed by atoms with E-state index in [2.05, 4.69) is 5.32 Å². The molecular formula is C13H13N3O2S. The fourth-order valence-electron chi connectivity index (χ4n) is 1.60. The third-order valence-electron chi connectivity index (χ3n) is 2.61. The van der Waals surface area contributed by atoms with Gasteiger partial charge in [-0.1, -0.05) is 30.3 Å². The molecule has 0 unspecified atom stereocenters.